The van der Waals surface area contributed by atoms with Gasteiger partial charge in [0.15, 0.2) is 0 Å². The fraction of sp³-hybridized carbons (Fsp3) is 0.308. The molecule has 4 aliphatic carbocycles. The number of halogens is 3. The predicted octanol–water partition coefficient (Wildman–Crippen LogP) is 1.91. The highest BCUT2D eigenvalue weighted by atomic mass is 127. The number of allylic oxidation sites excluding steroid dienone is 1. The SMILES string of the molecule is C[N+]1(C)Cc2c3c4c5c6c7c8c9c(c%10c8c8c(c%11c%12c(c%13c%14ccc%15c(c2C1)c4c1c%15c%14c2c%13c%11c8c7c2c61)C[N+](C)(C)C%12)C1C[N+](C)(C)CC%101)C=CC3C95.[I-].[I-].[I-]. The van der Waals surface area contributed by atoms with Gasteiger partial charge >= 0.3 is 0 Å². The van der Waals surface area contributed by atoms with E-state index in [9.17, 15) is 0 Å². The molecule has 3 heterocycles. The van der Waals surface area contributed by atoms with Crippen molar-refractivity contribution in [1.29, 1.82) is 0 Å². The number of nitrogens with zero attached hydrogens (tertiary/aromatic N) is 3. The van der Waals surface area contributed by atoms with Gasteiger partial charge in [-0.25, -0.2) is 0 Å². The molecule has 4 atom stereocenters. The number of rotatable bonds is 0. The number of fused-ring (bicyclic) bond motifs is 14. The summed E-state index contributed by atoms with van der Waals surface area (Å²) in [5.41, 5.74) is 17.3. The minimum absolute atomic E-state index is 0. The smallest absolute Gasteiger partial charge is 0.105 e. The van der Waals surface area contributed by atoms with Gasteiger partial charge in [0.2, 0.25) is 0 Å². The summed E-state index contributed by atoms with van der Waals surface area (Å²) in [6.45, 7) is 7.07. The number of hydrogen-bond acceptors (Lipinski definition) is 0. The Morgan fingerprint density at radius 2 is 0.810 bits per heavy atom. The van der Waals surface area contributed by atoms with E-state index < -0.39 is 0 Å². The fourth-order valence-electron chi connectivity index (χ4n) is 17.6. The normalized spacial score (nSPS) is 26.0. The second-order valence-corrected chi connectivity index (χ2v) is 22.4. The maximum absolute atomic E-state index is 2.75. The lowest BCUT2D eigenvalue weighted by Crippen LogP contribution is -3.00. The second-order valence-electron chi connectivity index (χ2n) is 22.4. The first kappa shape index (κ1) is 33.1. The van der Waals surface area contributed by atoms with Gasteiger partial charge in [0.05, 0.1) is 55.4 Å². The van der Waals surface area contributed by atoms with Crippen molar-refractivity contribution < 1.29 is 85.4 Å². The molecule has 0 saturated carbocycles. The van der Waals surface area contributed by atoms with E-state index in [0.717, 1.165) is 39.6 Å². The van der Waals surface area contributed by atoms with Crippen molar-refractivity contribution in [3.05, 3.63) is 73.8 Å². The number of quaternary nitrogens is 3. The lowest BCUT2D eigenvalue weighted by atomic mass is 9.73. The van der Waals surface area contributed by atoms with Crippen molar-refractivity contribution >= 4 is 125 Å². The van der Waals surface area contributed by atoms with Crippen LogP contribution in [0.2, 0.25) is 0 Å². The molecule has 0 bridgehead atoms. The third-order valence-electron chi connectivity index (χ3n) is 18.4. The molecule has 1 saturated heterocycles. The van der Waals surface area contributed by atoms with Gasteiger partial charge in [-0.15, -0.1) is 0 Å². The summed E-state index contributed by atoms with van der Waals surface area (Å²) in [5.74, 6) is 2.05. The summed E-state index contributed by atoms with van der Waals surface area (Å²) in [7, 11) is 15.1. The molecule has 0 radical (unpaired) electrons. The zero-order chi connectivity index (χ0) is 35.4. The Morgan fingerprint density at radius 1 is 0.379 bits per heavy atom. The Labute approximate surface area is 385 Å². The maximum Gasteiger partial charge on any atom is 0.105 e. The quantitative estimate of drug-likeness (QED) is 0.124. The molecule has 19 rings (SSSR count). The maximum atomic E-state index is 2.75. The van der Waals surface area contributed by atoms with Crippen molar-refractivity contribution in [3.8, 4) is 0 Å². The zero-order valence-corrected chi connectivity index (χ0v) is 39.8. The van der Waals surface area contributed by atoms with E-state index >= 15 is 0 Å². The van der Waals surface area contributed by atoms with E-state index in [0.29, 0.717) is 23.7 Å². The summed E-state index contributed by atoms with van der Waals surface area (Å²) in [6, 6.07) is 5.27. The lowest BCUT2D eigenvalue weighted by molar-refractivity contribution is -0.909. The Morgan fingerprint density at radius 3 is 1.47 bits per heavy atom. The molecular weight excluding hydrogens is 1050 g/mol. The average molecular weight is 1090 g/mol. The largest absolute Gasteiger partial charge is 1.00 e. The Kier molecular flexibility index (Phi) is 4.97. The molecule has 0 N–H and O–H groups in total. The van der Waals surface area contributed by atoms with Crippen molar-refractivity contribution in [2.24, 2.45) is 0 Å². The van der Waals surface area contributed by atoms with Crippen LogP contribution < -0.4 is 71.9 Å². The third-order valence-corrected chi connectivity index (χ3v) is 18.4. The van der Waals surface area contributed by atoms with Crippen LogP contribution in [0.1, 0.15) is 79.3 Å². The number of likely N-dealkylation sites (N-methyl/N-ethyl adjacent to an activating group) is 1. The number of benzene rings is 7. The van der Waals surface area contributed by atoms with Gasteiger partial charge in [0.1, 0.15) is 26.2 Å². The van der Waals surface area contributed by atoms with E-state index in [-0.39, 0.29) is 71.9 Å². The third kappa shape index (κ3) is 2.69. The molecule has 58 heavy (non-hydrogen) atoms. The fourth-order valence-corrected chi connectivity index (χ4v) is 17.6. The van der Waals surface area contributed by atoms with Crippen LogP contribution in [0.4, 0.5) is 0 Å². The van der Waals surface area contributed by atoms with E-state index in [1.807, 2.05) is 0 Å². The monoisotopic (exact) mass is 1090 g/mol. The topological polar surface area (TPSA) is 0 Å². The van der Waals surface area contributed by atoms with Gasteiger partial charge in [0, 0.05) is 56.7 Å². The highest BCUT2D eigenvalue weighted by Gasteiger charge is 2.56. The molecule has 1 fully saturated rings. The molecule has 7 aliphatic rings. The van der Waals surface area contributed by atoms with E-state index in [4.69, 9.17) is 0 Å². The van der Waals surface area contributed by atoms with Gasteiger partial charge in [-0.1, -0.05) is 24.3 Å². The zero-order valence-electron chi connectivity index (χ0n) is 33.3. The van der Waals surface area contributed by atoms with Gasteiger partial charge in [-0.2, -0.15) is 0 Å². The molecule has 0 aromatic heterocycles. The Bertz CT molecular complexity index is 4050. The molecule has 0 amide bonds. The van der Waals surface area contributed by atoms with Crippen LogP contribution in [0.15, 0.2) is 18.2 Å². The first-order chi connectivity index (χ1) is 26.5. The molecule has 4 unspecified atom stereocenters. The minimum atomic E-state index is 0. The van der Waals surface area contributed by atoms with E-state index in [1.165, 1.54) is 13.1 Å². The first-order valence-electron chi connectivity index (χ1n) is 21.3. The predicted molar refractivity (Wildman–Crippen MR) is 228 cm³/mol. The molecule has 12 aromatic rings. The van der Waals surface area contributed by atoms with Crippen LogP contribution in [0.3, 0.4) is 0 Å². The van der Waals surface area contributed by atoms with Gasteiger partial charge in [-0.05, 0) is 141 Å². The van der Waals surface area contributed by atoms with Crippen molar-refractivity contribution in [3.63, 3.8) is 0 Å². The summed E-state index contributed by atoms with van der Waals surface area (Å²) in [6.07, 6.45) is 5.46. The highest BCUT2D eigenvalue weighted by molar-refractivity contribution is 6.64. The molecule has 6 heteroatoms. The molecule has 3 aliphatic heterocycles. The molecule has 282 valence electrons. The van der Waals surface area contributed by atoms with Crippen LogP contribution in [-0.4, -0.2) is 68.8 Å². The summed E-state index contributed by atoms with van der Waals surface area (Å²) in [5, 5.41) is 36.7. The van der Waals surface area contributed by atoms with Crippen LogP contribution in [0.5, 0.6) is 0 Å². The van der Waals surface area contributed by atoms with Crippen molar-refractivity contribution in [1.82, 2.24) is 0 Å². The minimum Gasteiger partial charge on any atom is -1.00 e. The van der Waals surface area contributed by atoms with Crippen LogP contribution in [-0.2, 0) is 26.2 Å². The standard InChI is InChI=1S/C52H38N3.3HI/c1-53(2)11-21-22(12-53)28-18-8-10-20-30-24-14-55(5,6)16-26(24)36-35-25-15-54(3,4)13-23(25)29-19-9-7-17-27(21)37-38(28)42-32(18)34(20)44-40(30)46(36)47-45(35)39(29)43-33(19)31(17)41(37)48-49(42)51(44)52(47)50(43)48;;;/h7-10,17,23,25,31H,11-16H2,1-6H3;3*1H/q+3;;;/p-3. The molecule has 0 spiro atoms. The highest BCUT2D eigenvalue weighted by Crippen LogP contribution is 2.74. The summed E-state index contributed by atoms with van der Waals surface area (Å²) in [4.78, 5) is 0. The molecule has 3 nitrogen and oxygen atoms in total. The Hall–Kier alpha value is -2.61. The van der Waals surface area contributed by atoms with Crippen LogP contribution in [0.25, 0.3) is 125 Å². The van der Waals surface area contributed by atoms with Crippen LogP contribution in [0, 0.1) is 0 Å². The van der Waals surface area contributed by atoms with Crippen molar-refractivity contribution in [2.45, 2.75) is 49.9 Å². The van der Waals surface area contributed by atoms with Gasteiger partial charge < -0.3 is 85.4 Å². The van der Waals surface area contributed by atoms with Gasteiger partial charge in [-0.3, -0.25) is 0 Å². The Balaban J connectivity index is 0.00000104. The lowest BCUT2D eigenvalue weighted by Gasteiger charge is -2.29. The molecular formula is C52H38I3N3. The molecule has 12 aromatic carbocycles. The summed E-state index contributed by atoms with van der Waals surface area (Å²) >= 11 is 0. The number of likely N-dealkylation sites (tertiary alicyclic amines) is 1. The van der Waals surface area contributed by atoms with Gasteiger partial charge in [0.25, 0.3) is 0 Å². The first-order valence-corrected chi connectivity index (χ1v) is 21.3. The van der Waals surface area contributed by atoms with Crippen molar-refractivity contribution in [2.75, 3.05) is 55.4 Å². The number of hydrogen-bond donors (Lipinski definition) is 0. The van der Waals surface area contributed by atoms with Crippen LogP contribution >= 0.6 is 0 Å². The summed E-state index contributed by atoms with van der Waals surface area (Å²) < 4.78 is 3.24. The second kappa shape index (κ2) is 8.71. The average Bonchev–Trinajstić information content (AvgIpc) is 3.98. The van der Waals surface area contributed by atoms with E-state index in [2.05, 4.69) is 66.6 Å². The van der Waals surface area contributed by atoms with E-state index in [1.54, 1.807) is 174 Å².